The van der Waals surface area contributed by atoms with Gasteiger partial charge in [0, 0.05) is 25.0 Å². The van der Waals surface area contributed by atoms with Gasteiger partial charge in [0.05, 0.1) is 7.11 Å². The van der Waals surface area contributed by atoms with Crippen molar-refractivity contribution >= 4 is 35.9 Å². The van der Waals surface area contributed by atoms with Crippen LogP contribution in [0.1, 0.15) is 47.0 Å². The first-order valence-corrected chi connectivity index (χ1v) is 6.52. The number of hydrogen-bond donors (Lipinski definition) is 2. The molecule has 0 fully saturated rings. The molecule has 0 aliphatic heterocycles. The lowest BCUT2D eigenvalue weighted by Crippen LogP contribution is -2.47. The van der Waals surface area contributed by atoms with Crippen molar-refractivity contribution in [2.45, 2.75) is 52.5 Å². The Hall–Kier alpha value is -0.530. The van der Waals surface area contributed by atoms with Crippen LogP contribution in [0.2, 0.25) is 0 Å². The number of halogens is 1. The predicted octanol–water partition coefficient (Wildman–Crippen LogP) is 2.30. The van der Waals surface area contributed by atoms with E-state index in [4.69, 9.17) is 0 Å². The maximum Gasteiger partial charge on any atom is 0.305 e. The van der Waals surface area contributed by atoms with Crippen molar-refractivity contribution < 1.29 is 9.53 Å². The summed E-state index contributed by atoms with van der Waals surface area (Å²) in [6.45, 7) is 9.87. The number of guanidine groups is 1. The highest BCUT2D eigenvalue weighted by molar-refractivity contribution is 14.0. The molecule has 0 saturated heterocycles. The molecule has 114 valence electrons. The van der Waals surface area contributed by atoms with Crippen LogP contribution in [0.15, 0.2) is 4.99 Å². The maximum atomic E-state index is 10.9. The van der Waals surface area contributed by atoms with Gasteiger partial charge in [0.2, 0.25) is 0 Å². The third-order valence-electron chi connectivity index (χ3n) is 2.12. The molecule has 0 rings (SSSR count). The first-order valence-electron chi connectivity index (χ1n) is 6.52. The first-order chi connectivity index (χ1) is 8.39. The summed E-state index contributed by atoms with van der Waals surface area (Å²) >= 11 is 0. The normalized spacial score (nSPS) is 11.5. The van der Waals surface area contributed by atoms with Crippen LogP contribution in [-0.4, -0.2) is 37.7 Å². The van der Waals surface area contributed by atoms with Crippen molar-refractivity contribution in [1.29, 1.82) is 0 Å². The molecule has 0 amide bonds. The molecule has 2 N–H and O–H groups in total. The molecule has 0 aliphatic carbocycles. The van der Waals surface area contributed by atoms with Gasteiger partial charge in [0.25, 0.3) is 0 Å². The van der Waals surface area contributed by atoms with Crippen LogP contribution >= 0.6 is 24.0 Å². The van der Waals surface area contributed by atoms with Gasteiger partial charge in [0.1, 0.15) is 0 Å². The quantitative estimate of drug-likeness (QED) is 0.242. The third kappa shape index (κ3) is 13.7. The summed E-state index contributed by atoms with van der Waals surface area (Å²) < 4.78 is 4.58. The summed E-state index contributed by atoms with van der Waals surface area (Å²) in [6.07, 6.45) is 2.16. The lowest BCUT2D eigenvalue weighted by atomic mass is 10.1. The molecule has 0 aromatic rings. The molecule has 0 heterocycles. The zero-order chi connectivity index (χ0) is 14.0. The largest absolute Gasteiger partial charge is 0.469 e. The summed E-state index contributed by atoms with van der Waals surface area (Å²) in [7, 11) is 1.41. The van der Waals surface area contributed by atoms with Crippen molar-refractivity contribution in [3.63, 3.8) is 0 Å². The van der Waals surface area contributed by atoms with Crippen LogP contribution in [0.4, 0.5) is 0 Å². The van der Waals surface area contributed by atoms with Gasteiger partial charge in [-0.1, -0.05) is 0 Å². The van der Waals surface area contributed by atoms with Crippen molar-refractivity contribution in [1.82, 2.24) is 10.6 Å². The minimum atomic E-state index is -0.154. The second-order valence-electron chi connectivity index (χ2n) is 5.17. The van der Waals surface area contributed by atoms with Gasteiger partial charge in [0.15, 0.2) is 5.96 Å². The zero-order valence-corrected chi connectivity index (χ0v) is 15.0. The van der Waals surface area contributed by atoms with Crippen LogP contribution in [-0.2, 0) is 9.53 Å². The van der Waals surface area contributed by atoms with Crippen molar-refractivity contribution in [2.75, 3.05) is 20.2 Å². The van der Waals surface area contributed by atoms with Crippen molar-refractivity contribution in [3.8, 4) is 0 Å². The Morgan fingerprint density at radius 1 is 1.26 bits per heavy atom. The standard InChI is InChI=1S/C13H27N3O2.HI/c1-6-14-12(16-13(2,3)4)15-10-8-7-9-11(17)18-5;/h6-10H2,1-5H3,(H2,14,15,16);1H. The van der Waals surface area contributed by atoms with Crippen LogP contribution < -0.4 is 10.6 Å². The van der Waals surface area contributed by atoms with Gasteiger partial charge in [-0.15, -0.1) is 24.0 Å². The molecule has 0 aromatic carbocycles. The number of aliphatic imine (C=N–C) groups is 1. The van der Waals surface area contributed by atoms with Crippen LogP contribution in [0.5, 0.6) is 0 Å². The minimum absolute atomic E-state index is 0. The smallest absolute Gasteiger partial charge is 0.305 e. The molecule has 0 radical (unpaired) electrons. The van der Waals surface area contributed by atoms with E-state index in [0.29, 0.717) is 13.0 Å². The molecule has 0 bridgehead atoms. The number of carbonyl (C=O) groups excluding carboxylic acids is 1. The molecular weight excluding hydrogens is 357 g/mol. The molecular formula is C13H28IN3O2. The van der Waals surface area contributed by atoms with E-state index in [1.165, 1.54) is 7.11 Å². The maximum absolute atomic E-state index is 10.9. The average Bonchev–Trinajstić information content (AvgIpc) is 2.26. The van der Waals surface area contributed by atoms with Crippen LogP contribution in [0.3, 0.4) is 0 Å². The highest BCUT2D eigenvalue weighted by Gasteiger charge is 2.11. The topological polar surface area (TPSA) is 62.7 Å². The predicted molar refractivity (Wildman–Crippen MR) is 90.1 cm³/mol. The van der Waals surface area contributed by atoms with Gasteiger partial charge >= 0.3 is 5.97 Å². The zero-order valence-electron chi connectivity index (χ0n) is 12.7. The number of hydrogen-bond acceptors (Lipinski definition) is 3. The summed E-state index contributed by atoms with van der Waals surface area (Å²) in [4.78, 5) is 15.4. The number of methoxy groups -OCH3 is 1. The highest BCUT2D eigenvalue weighted by atomic mass is 127. The average molecular weight is 385 g/mol. The fourth-order valence-electron chi connectivity index (χ4n) is 1.34. The number of unbranched alkanes of at least 4 members (excludes halogenated alkanes) is 1. The first kappa shape index (κ1) is 20.8. The number of nitrogens with one attached hydrogen (secondary N) is 2. The Morgan fingerprint density at radius 2 is 1.89 bits per heavy atom. The number of ether oxygens (including phenoxy) is 1. The van der Waals surface area contributed by atoms with E-state index in [1.54, 1.807) is 0 Å². The van der Waals surface area contributed by atoms with Gasteiger partial charge in [-0.25, -0.2) is 0 Å². The van der Waals surface area contributed by atoms with Crippen molar-refractivity contribution in [2.24, 2.45) is 4.99 Å². The van der Waals surface area contributed by atoms with Crippen LogP contribution in [0.25, 0.3) is 0 Å². The summed E-state index contributed by atoms with van der Waals surface area (Å²) in [5.41, 5.74) is -0.00692. The monoisotopic (exact) mass is 385 g/mol. The fourth-order valence-corrected chi connectivity index (χ4v) is 1.34. The summed E-state index contributed by atoms with van der Waals surface area (Å²) in [5.74, 6) is 0.668. The van der Waals surface area contributed by atoms with E-state index >= 15 is 0 Å². The second kappa shape index (κ2) is 11.3. The molecule has 6 heteroatoms. The molecule has 19 heavy (non-hydrogen) atoms. The van der Waals surface area contributed by atoms with Gasteiger partial charge in [-0.3, -0.25) is 9.79 Å². The van der Waals surface area contributed by atoms with E-state index in [0.717, 1.165) is 25.3 Å². The molecule has 0 unspecified atom stereocenters. The van der Waals surface area contributed by atoms with E-state index in [-0.39, 0.29) is 35.5 Å². The Morgan fingerprint density at radius 3 is 2.37 bits per heavy atom. The number of rotatable bonds is 6. The molecule has 5 nitrogen and oxygen atoms in total. The summed E-state index contributed by atoms with van der Waals surface area (Å²) in [5, 5.41) is 6.51. The molecule has 0 atom stereocenters. The molecule has 0 aromatic heterocycles. The lowest BCUT2D eigenvalue weighted by molar-refractivity contribution is -0.140. The van der Waals surface area contributed by atoms with Gasteiger partial charge in [-0.05, 0) is 40.5 Å². The fraction of sp³-hybridized carbons (Fsp3) is 0.846. The number of nitrogens with zero attached hydrogens (tertiary/aromatic N) is 1. The molecule has 0 aliphatic rings. The van der Waals surface area contributed by atoms with Crippen molar-refractivity contribution in [3.05, 3.63) is 0 Å². The van der Waals surface area contributed by atoms with Gasteiger partial charge < -0.3 is 15.4 Å². The minimum Gasteiger partial charge on any atom is -0.469 e. The Bertz CT molecular complexity index is 276. The van der Waals surface area contributed by atoms with Crippen LogP contribution in [0, 0.1) is 0 Å². The summed E-state index contributed by atoms with van der Waals surface area (Å²) in [6, 6.07) is 0. The number of esters is 1. The van der Waals surface area contributed by atoms with E-state index < -0.39 is 0 Å². The van der Waals surface area contributed by atoms with Gasteiger partial charge in [-0.2, -0.15) is 0 Å². The van der Waals surface area contributed by atoms with E-state index in [2.05, 4.69) is 41.1 Å². The van der Waals surface area contributed by atoms with E-state index in [9.17, 15) is 4.79 Å². The second-order valence-corrected chi connectivity index (χ2v) is 5.17. The SMILES string of the molecule is CCNC(=NCCCCC(=O)OC)NC(C)(C)C.I. The van der Waals surface area contributed by atoms with E-state index in [1.807, 2.05) is 6.92 Å². The lowest BCUT2D eigenvalue weighted by Gasteiger charge is -2.23. The Kier molecular flexibility index (Phi) is 12.4. The molecule has 0 spiro atoms. The number of carbonyl (C=O) groups is 1. The Balaban J connectivity index is 0. The highest BCUT2D eigenvalue weighted by Crippen LogP contribution is 2.00. The Labute approximate surface area is 134 Å². The third-order valence-corrected chi connectivity index (χ3v) is 2.12. The molecule has 0 saturated carbocycles.